The number of nitrogens with zero attached hydrogens (tertiary/aromatic N) is 1. The summed E-state index contributed by atoms with van der Waals surface area (Å²) in [7, 11) is 1.87. The number of nitrogens with two attached hydrogens (primary N) is 1. The molecule has 0 fully saturated rings. The Morgan fingerprint density at radius 3 is 2.73 bits per heavy atom. The zero-order valence-electron chi connectivity index (χ0n) is 8.27. The Bertz CT molecular complexity index is 454. The number of anilines is 3. The summed E-state index contributed by atoms with van der Waals surface area (Å²) in [6.07, 6.45) is 0. The van der Waals surface area contributed by atoms with E-state index >= 15 is 0 Å². The fourth-order valence-corrected chi connectivity index (χ4v) is 2.11. The van der Waals surface area contributed by atoms with Crippen LogP contribution in [0, 0.1) is 5.82 Å². The van der Waals surface area contributed by atoms with E-state index in [0.717, 1.165) is 5.00 Å². The maximum absolute atomic E-state index is 13.2. The van der Waals surface area contributed by atoms with E-state index in [0.29, 0.717) is 5.69 Å². The second kappa shape index (κ2) is 3.90. The fraction of sp³-hybridized carbons (Fsp3) is 0.0909. The van der Waals surface area contributed by atoms with Crippen molar-refractivity contribution in [2.45, 2.75) is 0 Å². The molecular formula is C11H11FN2S. The summed E-state index contributed by atoms with van der Waals surface area (Å²) in [6.45, 7) is 0. The predicted molar refractivity (Wildman–Crippen MR) is 63.2 cm³/mol. The number of benzene rings is 1. The number of rotatable bonds is 2. The first kappa shape index (κ1) is 9.98. The van der Waals surface area contributed by atoms with Gasteiger partial charge in [-0.15, -0.1) is 11.3 Å². The smallest absolute Gasteiger partial charge is 0.148 e. The van der Waals surface area contributed by atoms with Gasteiger partial charge in [0.2, 0.25) is 0 Å². The molecule has 0 aliphatic heterocycles. The van der Waals surface area contributed by atoms with E-state index in [1.54, 1.807) is 23.5 Å². The normalized spacial score (nSPS) is 10.3. The van der Waals surface area contributed by atoms with E-state index in [1.807, 2.05) is 29.5 Å². The molecule has 0 bridgehead atoms. The zero-order chi connectivity index (χ0) is 10.8. The van der Waals surface area contributed by atoms with Crippen LogP contribution in [0.5, 0.6) is 0 Å². The third-order valence-electron chi connectivity index (χ3n) is 2.23. The maximum atomic E-state index is 13.2. The van der Waals surface area contributed by atoms with Crippen LogP contribution in [-0.4, -0.2) is 7.05 Å². The van der Waals surface area contributed by atoms with Crippen molar-refractivity contribution in [3.05, 3.63) is 41.5 Å². The number of hydrogen-bond donors (Lipinski definition) is 1. The molecule has 0 amide bonds. The largest absolute Gasteiger partial charge is 0.395 e. The lowest BCUT2D eigenvalue weighted by Crippen LogP contribution is -2.10. The molecule has 2 aromatic rings. The van der Waals surface area contributed by atoms with E-state index in [2.05, 4.69) is 0 Å². The maximum Gasteiger partial charge on any atom is 0.148 e. The van der Waals surface area contributed by atoms with Crippen molar-refractivity contribution in [2.24, 2.45) is 0 Å². The molecule has 1 aromatic heterocycles. The van der Waals surface area contributed by atoms with Crippen LogP contribution in [0.3, 0.4) is 0 Å². The van der Waals surface area contributed by atoms with E-state index in [4.69, 9.17) is 5.73 Å². The van der Waals surface area contributed by atoms with Gasteiger partial charge in [-0.05, 0) is 29.6 Å². The van der Waals surface area contributed by atoms with Gasteiger partial charge in [0, 0.05) is 7.05 Å². The Kier molecular flexibility index (Phi) is 2.60. The van der Waals surface area contributed by atoms with Crippen LogP contribution < -0.4 is 10.6 Å². The molecule has 1 heterocycles. The van der Waals surface area contributed by atoms with Gasteiger partial charge in [0.1, 0.15) is 5.82 Å². The van der Waals surface area contributed by atoms with Gasteiger partial charge in [-0.3, -0.25) is 0 Å². The third-order valence-corrected chi connectivity index (χ3v) is 3.17. The minimum Gasteiger partial charge on any atom is -0.395 e. The molecular weight excluding hydrogens is 211 g/mol. The van der Waals surface area contributed by atoms with Crippen LogP contribution in [0.4, 0.5) is 20.8 Å². The first-order chi connectivity index (χ1) is 7.20. The van der Waals surface area contributed by atoms with E-state index in [9.17, 15) is 4.39 Å². The van der Waals surface area contributed by atoms with Crippen LogP contribution in [0.15, 0.2) is 35.7 Å². The molecule has 0 aliphatic carbocycles. The van der Waals surface area contributed by atoms with Gasteiger partial charge in [0.05, 0.1) is 16.4 Å². The second-order valence-corrected chi connectivity index (χ2v) is 4.11. The molecule has 2 nitrogen and oxygen atoms in total. The van der Waals surface area contributed by atoms with E-state index in [1.165, 1.54) is 6.07 Å². The lowest BCUT2D eigenvalue weighted by atomic mass is 10.2. The van der Waals surface area contributed by atoms with Gasteiger partial charge in [-0.25, -0.2) is 4.39 Å². The molecule has 0 radical (unpaired) electrons. The van der Waals surface area contributed by atoms with E-state index < -0.39 is 0 Å². The predicted octanol–water partition coefficient (Wildman–Crippen LogP) is 3.24. The van der Waals surface area contributed by atoms with Crippen molar-refractivity contribution < 1.29 is 4.39 Å². The number of para-hydroxylation sites is 1. The highest BCUT2D eigenvalue weighted by Gasteiger charge is 2.10. The molecule has 0 saturated heterocycles. The highest BCUT2D eigenvalue weighted by atomic mass is 32.1. The summed E-state index contributed by atoms with van der Waals surface area (Å²) in [5.41, 5.74) is 6.56. The third kappa shape index (κ3) is 1.80. The quantitative estimate of drug-likeness (QED) is 0.790. The molecule has 0 spiro atoms. The highest BCUT2D eigenvalue weighted by Crippen LogP contribution is 2.32. The molecule has 78 valence electrons. The number of halogens is 1. The standard InChI is InChI=1S/C11H11FN2S/c1-14(10-6-3-7-15-10)9-5-2-4-8(12)11(9)13/h2-7H,13H2,1H3. The molecule has 2 rings (SSSR count). The monoisotopic (exact) mass is 222 g/mol. The first-order valence-electron chi connectivity index (χ1n) is 4.51. The highest BCUT2D eigenvalue weighted by molar-refractivity contribution is 7.14. The first-order valence-corrected chi connectivity index (χ1v) is 5.39. The van der Waals surface area contributed by atoms with Crippen LogP contribution in [0.25, 0.3) is 0 Å². The Hall–Kier alpha value is -1.55. The lowest BCUT2D eigenvalue weighted by molar-refractivity contribution is 0.632. The van der Waals surface area contributed by atoms with Gasteiger partial charge in [0.25, 0.3) is 0 Å². The number of hydrogen-bond acceptors (Lipinski definition) is 3. The molecule has 4 heteroatoms. The minimum atomic E-state index is -0.379. The summed E-state index contributed by atoms with van der Waals surface area (Å²) in [5, 5.41) is 3.01. The van der Waals surface area contributed by atoms with Crippen LogP contribution in [0.1, 0.15) is 0 Å². The summed E-state index contributed by atoms with van der Waals surface area (Å²) in [4.78, 5) is 1.88. The topological polar surface area (TPSA) is 29.3 Å². The van der Waals surface area contributed by atoms with Crippen molar-refractivity contribution in [1.29, 1.82) is 0 Å². The number of nitrogen functional groups attached to an aromatic ring is 1. The summed E-state index contributed by atoms with van der Waals surface area (Å²) in [5.74, 6) is -0.379. The van der Waals surface area contributed by atoms with Crippen molar-refractivity contribution >= 4 is 27.7 Å². The fourth-order valence-electron chi connectivity index (χ4n) is 1.40. The lowest BCUT2D eigenvalue weighted by Gasteiger charge is -2.19. The van der Waals surface area contributed by atoms with Crippen LogP contribution in [-0.2, 0) is 0 Å². The average Bonchev–Trinajstić information content (AvgIpc) is 2.74. The van der Waals surface area contributed by atoms with Gasteiger partial charge >= 0.3 is 0 Å². The summed E-state index contributed by atoms with van der Waals surface area (Å²) >= 11 is 1.59. The van der Waals surface area contributed by atoms with Crippen molar-refractivity contribution in [1.82, 2.24) is 0 Å². The Balaban J connectivity index is 2.42. The van der Waals surface area contributed by atoms with E-state index in [-0.39, 0.29) is 11.5 Å². The van der Waals surface area contributed by atoms with Gasteiger partial charge in [0.15, 0.2) is 0 Å². The van der Waals surface area contributed by atoms with Crippen LogP contribution in [0.2, 0.25) is 0 Å². The SMILES string of the molecule is CN(c1cccs1)c1cccc(F)c1N. The second-order valence-electron chi connectivity index (χ2n) is 3.18. The Morgan fingerprint density at radius 2 is 2.07 bits per heavy atom. The van der Waals surface area contributed by atoms with Gasteiger partial charge in [-0.2, -0.15) is 0 Å². The van der Waals surface area contributed by atoms with Gasteiger partial charge < -0.3 is 10.6 Å². The molecule has 0 unspecified atom stereocenters. The Morgan fingerprint density at radius 1 is 1.27 bits per heavy atom. The summed E-state index contributed by atoms with van der Waals surface area (Å²) in [6, 6.07) is 8.74. The molecule has 15 heavy (non-hydrogen) atoms. The molecule has 0 aliphatic rings. The molecule has 0 saturated carbocycles. The average molecular weight is 222 g/mol. The molecule has 0 atom stereocenters. The van der Waals surface area contributed by atoms with Crippen LogP contribution >= 0.6 is 11.3 Å². The van der Waals surface area contributed by atoms with Crippen molar-refractivity contribution in [2.75, 3.05) is 17.7 Å². The molecule has 1 aromatic carbocycles. The zero-order valence-corrected chi connectivity index (χ0v) is 9.09. The van der Waals surface area contributed by atoms with Crippen molar-refractivity contribution in [3.8, 4) is 0 Å². The Labute approximate surface area is 91.8 Å². The minimum absolute atomic E-state index is 0.188. The number of thiophene rings is 1. The van der Waals surface area contributed by atoms with Crippen molar-refractivity contribution in [3.63, 3.8) is 0 Å². The summed E-state index contributed by atoms with van der Waals surface area (Å²) < 4.78 is 13.2. The molecule has 2 N–H and O–H groups in total. The van der Waals surface area contributed by atoms with Gasteiger partial charge in [-0.1, -0.05) is 6.07 Å².